The molecular weight excluding hydrogens is 234 g/mol. The lowest BCUT2D eigenvalue weighted by Crippen LogP contribution is -2.24. The Morgan fingerprint density at radius 2 is 1.95 bits per heavy atom. The van der Waals surface area contributed by atoms with Gasteiger partial charge in [0, 0.05) is 24.8 Å². The Morgan fingerprint density at radius 3 is 2.47 bits per heavy atom. The molecule has 3 nitrogen and oxygen atoms in total. The van der Waals surface area contributed by atoms with E-state index in [1.54, 1.807) is 0 Å². The minimum atomic E-state index is 0.392. The SMILES string of the molecule is CCCNC(C)c1ccc(N(CC)CCC#N)cc1. The van der Waals surface area contributed by atoms with Crippen LogP contribution >= 0.6 is 0 Å². The van der Waals surface area contributed by atoms with Crippen LogP contribution in [-0.2, 0) is 0 Å². The smallest absolute Gasteiger partial charge is 0.0640 e. The van der Waals surface area contributed by atoms with Crippen LogP contribution in [0.1, 0.15) is 45.2 Å². The lowest BCUT2D eigenvalue weighted by molar-refractivity contribution is 0.570. The summed E-state index contributed by atoms with van der Waals surface area (Å²) in [6.07, 6.45) is 1.73. The highest BCUT2D eigenvalue weighted by Crippen LogP contribution is 2.19. The minimum Gasteiger partial charge on any atom is -0.371 e. The van der Waals surface area contributed by atoms with Gasteiger partial charge < -0.3 is 10.2 Å². The Morgan fingerprint density at radius 1 is 1.26 bits per heavy atom. The van der Waals surface area contributed by atoms with Crippen molar-refractivity contribution >= 4 is 5.69 Å². The molecule has 1 aromatic carbocycles. The van der Waals surface area contributed by atoms with E-state index in [0.717, 1.165) is 26.1 Å². The zero-order valence-electron chi connectivity index (χ0n) is 12.3. The molecule has 19 heavy (non-hydrogen) atoms. The maximum absolute atomic E-state index is 8.67. The van der Waals surface area contributed by atoms with E-state index < -0.39 is 0 Å². The fraction of sp³-hybridized carbons (Fsp3) is 0.562. The lowest BCUT2D eigenvalue weighted by atomic mass is 10.1. The van der Waals surface area contributed by atoms with Gasteiger partial charge in [-0.3, -0.25) is 0 Å². The van der Waals surface area contributed by atoms with Gasteiger partial charge in [0.25, 0.3) is 0 Å². The average Bonchev–Trinajstić information content (AvgIpc) is 2.46. The standard InChI is InChI=1S/C16H25N3/c1-4-12-18-14(3)15-7-9-16(10-8-15)19(5-2)13-6-11-17/h7-10,14,18H,4-6,12-13H2,1-3H3. The molecule has 1 N–H and O–H groups in total. The van der Waals surface area contributed by atoms with Crippen molar-refractivity contribution in [1.29, 1.82) is 5.26 Å². The molecule has 0 heterocycles. The van der Waals surface area contributed by atoms with Gasteiger partial charge in [-0.2, -0.15) is 5.26 Å². The predicted molar refractivity (Wildman–Crippen MR) is 81.3 cm³/mol. The van der Waals surface area contributed by atoms with E-state index in [9.17, 15) is 0 Å². The molecule has 0 bridgehead atoms. The lowest BCUT2D eigenvalue weighted by Gasteiger charge is -2.22. The van der Waals surface area contributed by atoms with E-state index in [4.69, 9.17) is 5.26 Å². The Balaban J connectivity index is 2.66. The van der Waals surface area contributed by atoms with Gasteiger partial charge in [-0.15, -0.1) is 0 Å². The summed E-state index contributed by atoms with van der Waals surface area (Å²) in [4.78, 5) is 2.23. The third-order valence-corrected chi connectivity index (χ3v) is 3.33. The van der Waals surface area contributed by atoms with Crippen LogP contribution in [0.25, 0.3) is 0 Å². The molecule has 1 atom stereocenters. The summed E-state index contributed by atoms with van der Waals surface area (Å²) in [6, 6.07) is 11.3. The summed E-state index contributed by atoms with van der Waals surface area (Å²) in [5.41, 5.74) is 2.51. The van der Waals surface area contributed by atoms with Gasteiger partial charge in [0.2, 0.25) is 0 Å². The number of anilines is 1. The van der Waals surface area contributed by atoms with E-state index in [0.29, 0.717) is 12.5 Å². The van der Waals surface area contributed by atoms with Gasteiger partial charge >= 0.3 is 0 Å². The second-order valence-corrected chi connectivity index (χ2v) is 4.76. The fourth-order valence-corrected chi connectivity index (χ4v) is 2.11. The molecule has 0 aliphatic carbocycles. The fourth-order valence-electron chi connectivity index (χ4n) is 2.11. The van der Waals surface area contributed by atoms with Gasteiger partial charge in [-0.25, -0.2) is 0 Å². The number of benzene rings is 1. The third kappa shape index (κ3) is 4.92. The third-order valence-electron chi connectivity index (χ3n) is 3.33. The summed E-state index contributed by atoms with van der Waals surface area (Å²) in [7, 11) is 0. The largest absolute Gasteiger partial charge is 0.371 e. The highest BCUT2D eigenvalue weighted by molar-refractivity contribution is 5.48. The Labute approximate surface area is 117 Å². The number of nitriles is 1. The van der Waals surface area contributed by atoms with E-state index in [-0.39, 0.29) is 0 Å². The van der Waals surface area contributed by atoms with Crippen LogP contribution < -0.4 is 10.2 Å². The Kier molecular flexibility index (Phi) is 6.99. The van der Waals surface area contributed by atoms with Crippen LogP contribution in [0.2, 0.25) is 0 Å². The van der Waals surface area contributed by atoms with Crippen molar-refractivity contribution in [2.75, 3.05) is 24.5 Å². The van der Waals surface area contributed by atoms with Crippen molar-refractivity contribution in [2.24, 2.45) is 0 Å². The van der Waals surface area contributed by atoms with Crippen molar-refractivity contribution in [3.05, 3.63) is 29.8 Å². The highest BCUT2D eigenvalue weighted by Gasteiger charge is 2.06. The zero-order chi connectivity index (χ0) is 14.1. The van der Waals surface area contributed by atoms with Gasteiger partial charge in [-0.1, -0.05) is 19.1 Å². The number of nitrogens with zero attached hydrogens (tertiary/aromatic N) is 2. The van der Waals surface area contributed by atoms with E-state index in [2.05, 4.69) is 61.3 Å². The molecule has 0 amide bonds. The quantitative estimate of drug-likeness (QED) is 0.776. The number of rotatable bonds is 8. The summed E-state index contributed by atoms with van der Waals surface area (Å²) in [5.74, 6) is 0. The molecule has 0 spiro atoms. The Hall–Kier alpha value is -1.53. The van der Waals surface area contributed by atoms with Crippen LogP contribution in [0.3, 0.4) is 0 Å². The summed E-state index contributed by atoms with van der Waals surface area (Å²) >= 11 is 0. The minimum absolute atomic E-state index is 0.392. The number of hydrogen-bond acceptors (Lipinski definition) is 3. The van der Waals surface area contributed by atoms with Crippen LogP contribution in [0.5, 0.6) is 0 Å². The summed E-state index contributed by atoms with van der Waals surface area (Å²) in [5, 5.41) is 12.2. The topological polar surface area (TPSA) is 39.1 Å². The molecule has 0 aliphatic heterocycles. The maximum Gasteiger partial charge on any atom is 0.0640 e. The van der Waals surface area contributed by atoms with Crippen molar-refractivity contribution < 1.29 is 0 Å². The molecule has 0 fully saturated rings. The first-order chi connectivity index (χ1) is 9.22. The normalized spacial score (nSPS) is 11.9. The molecule has 3 heteroatoms. The van der Waals surface area contributed by atoms with E-state index in [1.165, 1.54) is 11.3 Å². The second-order valence-electron chi connectivity index (χ2n) is 4.76. The van der Waals surface area contributed by atoms with Crippen LogP contribution in [0.4, 0.5) is 5.69 Å². The molecule has 1 rings (SSSR count). The van der Waals surface area contributed by atoms with Gasteiger partial charge in [0.15, 0.2) is 0 Å². The van der Waals surface area contributed by atoms with Gasteiger partial charge in [0.05, 0.1) is 12.5 Å². The van der Waals surface area contributed by atoms with Gasteiger partial charge in [0.1, 0.15) is 0 Å². The van der Waals surface area contributed by atoms with Crippen molar-refractivity contribution in [1.82, 2.24) is 5.32 Å². The number of hydrogen-bond donors (Lipinski definition) is 1. The molecule has 0 saturated heterocycles. The predicted octanol–water partition coefficient (Wildman–Crippen LogP) is 3.49. The first-order valence-electron chi connectivity index (χ1n) is 7.18. The van der Waals surface area contributed by atoms with E-state index >= 15 is 0 Å². The molecule has 0 radical (unpaired) electrons. The first-order valence-corrected chi connectivity index (χ1v) is 7.18. The molecular formula is C16H25N3. The zero-order valence-corrected chi connectivity index (χ0v) is 12.3. The summed E-state index contributed by atoms with van der Waals surface area (Å²) < 4.78 is 0. The van der Waals surface area contributed by atoms with Gasteiger partial charge in [-0.05, 0) is 44.5 Å². The molecule has 1 unspecified atom stereocenters. The molecule has 0 aromatic heterocycles. The monoisotopic (exact) mass is 259 g/mol. The van der Waals surface area contributed by atoms with E-state index in [1.807, 2.05) is 0 Å². The van der Waals surface area contributed by atoms with Crippen LogP contribution in [0.15, 0.2) is 24.3 Å². The van der Waals surface area contributed by atoms with Crippen LogP contribution in [-0.4, -0.2) is 19.6 Å². The average molecular weight is 259 g/mol. The first kappa shape index (κ1) is 15.5. The molecule has 104 valence electrons. The van der Waals surface area contributed by atoms with Crippen molar-refractivity contribution in [3.8, 4) is 6.07 Å². The Bertz CT molecular complexity index is 391. The van der Waals surface area contributed by atoms with Crippen molar-refractivity contribution in [3.63, 3.8) is 0 Å². The maximum atomic E-state index is 8.67. The van der Waals surface area contributed by atoms with Crippen LogP contribution in [0, 0.1) is 11.3 Å². The van der Waals surface area contributed by atoms with Crippen molar-refractivity contribution in [2.45, 2.75) is 39.7 Å². The molecule has 0 aliphatic rings. The second kappa shape index (κ2) is 8.55. The highest BCUT2D eigenvalue weighted by atomic mass is 15.1. The summed E-state index contributed by atoms with van der Waals surface area (Å²) in [6.45, 7) is 9.28. The molecule has 1 aromatic rings. The number of nitrogens with one attached hydrogen (secondary N) is 1. The molecule has 0 saturated carbocycles.